The first-order valence-corrected chi connectivity index (χ1v) is 9.33. The monoisotopic (exact) mass is 387 g/mol. The second-order valence-corrected chi connectivity index (χ2v) is 7.25. The largest absolute Gasteiger partial charge is 0.369 e. The third-order valence-electron chi connectivity index (χ3n) is 5.11. The molecule has 1 aliphatic rings. The molecule has 1 aliphatic heterocycles. The van der Waals surface area contributed by atoms with Crippen LogP contribution >= 0.6 is 0 Å². The zero-order valence-corrected chi connectivity index (χ0v) is 15.8. The molecule has 0 spiro atoms. The average Bonchev–Trinajstić information content (AvgIpc) is 2.72. The topological polar surface area (TPSA) is 101 Å². The summed E-state index contributed by atoms with van der Waals surface area (Å²) in [5.74, 6) is -0.183. The minimum Gasteiger partial charge on any atom is -0.369 e. The summed E-state index contributed by atoms with van der Waals surface area (Å²) in [4.78, 5) is 34.9. The highest BCUT2D eigenvalue weighted by Crippen LogP contribution is 2.35. The zero-order chi connectivity index (χ0) is 20.3. The number of nitrogens with two attached hydrogens (primary N) is 1. The summed E-state index contributed by atoms with van der Waals surface area (Å²) in [7, 11) is 0. The first-order chi connectivity index (χ1) is 14.1. The lowest BCUT2D eigenvalue weighted by Crippen LogP contribution is -2.64. The van der Waals surface area contributed by atoms with Gasteiger partial charge in [0.05, 0.1) is 11.0 Å². The van der Waals surface area contributed by atoms with Gasteiger partial charge < -0.3 is 16.0 Å². The van der Waals surface area contributed by atoms with Gasteiger partial charge >= 0.3 is 0 Å². The second kappa shape index (κ2) is 7.71. The number of hydrogen-bond donors (Lipinski definition) is 2. The van der Waals surface area contributed by atoms with E-state index in [1.54, 1.807) is 4.90 Å². The maximum Gasteiger partial charge on any atom is 0.257 e. The molecule has 0 saturated carbocycles. The minimum atomic E-state index is -0.729. The molecule has 3 N–H and O–H groups in total. The Hall–Kier alpha value is -3.74. The van der Waals surface area contributed by atoms with Gasteiger partial charge in [-0.2, -0.15) is 0 Å². The molecule has 7 heteroatoms. The Morgan fingerprint density at radius 1 is 0.966 bits per heavy atom. The van der Waals surface area contributed by atoms with E-state index in [-0.39, 0.29) is 11.8 Å². The number of nitrogens with one attached hydrogen (secondary N) is 1. The van der Waals surface area contributed by atoms with Crippen molar-refractivity contribution in [1.82, 2.24) is 14.9 Å². The number of likely N-dealkylation sites (tertiary alicyclic amines) is 1. The summed E-state index contributed by atoms with van der Waals surface area (Å²) in [5.41, 5.74) is 7.20. The summed E-state index contributed by atoms with van der Waals surface area (Å²) in [6.07, 6.45) is 3.49. The van der Waals surface area contributed by atoms with E-state index < -0.39 is 5.41 Å². The second-order valence-electron chi connectivity index (χ2n) is 7.25. The van der Waals surface area contributed by atoms with E-state index in [2.05, 4.69) is 15.3 Å². The van der Waals surface area contributed by atoms with Gasteiger partial charge in [0.15, 0.2) is 0 Å². The van der Waals surface area contributed by atoms with Crippen molar-refractivity contribution in [3.05, 3.63) is 84.2 Å². The van der Waals surface area contributed by atoms with Crippen LogP contribution in [0.5, 0.6) is 0 Å². The van der Waals surface area contributed by atoms with Crippen molar-refractivity contribution in [1.29, 1.82) is 0 Å². The number of nitrogens with zero attached hydrogens (tertiary/aromatic N) is 3. The molecule has 2 aromatic carbocycles. The lowest BCUT2D eigenvalue weighted by Gasteiger charge is -2.48. The highest BCUT2D eigenvalue weighted by molar-refractivity contribution is 5.96. The molecule has 0 aliphatic carbocycles. The summed E-state index contributed by atoms with van der Waals surface area (Å²) in [6.45, 7) is 0.583. The molecule has 3 aromatic rings. The highest BCUT2D eigenvalue weighted by Gasteiger charge is 2.50. The van der Waals surface area contributed by atoms with E-state index in [0.717, 1.165) is 11.3 Å². The Labute approximate surface area is 168 Å². The van der Waals surface area contributed by atoms with Crippen LogP contribution in [0.1, 0.15) is 15.9 Å². The lowest BCUT2D eigenvalue weighted by atomic mass is 9.74. The van der Waals surface area contributed by atoms with Crippen LogP contribution in [-0.2, 0) is 11.2 Å². The summed E-state index contributed by atoms with van der Waals surface area (Å²) in [6, 6.07) is 19.2. The number of benzene rings is 2. The maximum atomic E-state index is 12.7. The standard InChI is InChI=1S/C22H21N5O2/c23-20(29)22(11-16-7-3-1-4-8-16)14-27(15-22)19(28)17-12-24-21(25-13-17)26-18-9-5-2-6-10-18/h1-10,12-13H,11,14-15H2,(H2,23,29)(H,24,25,26). The molecule has 146 valence electrons. The third kappa shape index (κ3) is 3.94. The summed E-state index contributed by atoms with van der Waals surface area (Å²) < 4.78 is 0. The van der Waals surface area contributed by atoms with Crippen LogP contribution < -0.4 is 11.1 Å². The molecule has 7 nitrogen and oxygen atoms in total. The van der Waals surface area contributed by atoms with Crippen LogP contribution in [0.25, 0.3) is 0 Å². The van der Waals surface area contributed by atoms with Gasteiger partial charge in [0, 0.05) is 31.2 Å². The molecule has 2 amide bonds. The van der Waals surface area contributed by atoms with E-state index in [1.165, 1.54) is 12.4 Å². The first-order valence-electron chi connectivity index (χ1n) is 9.33. The van der Waals surface area contributed by atoms with E-state index in [1.807, 2.05) is 60.7 Å². The smallest absolute Gasteiger partial charge is 0.257 e. The van der Waals surface area contributed by atoms with Crippen LogP contribution in [0.15, 0.2) is 73.1 Å². The van der Waals surface area contributed by atoms with Gasteiger partial charge in [0.1, 0.15) is 0 Å². The number of rotatable bonds is 6. The van der Waals surface area contributed by atoms with Crippen molar-refractivity contribution >= 4 is 23.5 Å². The van der Waals surface area contributed by atoms with Crippen molar-refractivity contribution < 1.29 is 9.59 Å². The number of para-hydroxylation sites is 1. The highest BCUT2D eigenvalue weighted by atomic mass is 16.2. The number of carbonyl (C=O) groups excluding carboxylic acids is 2. The first kappa shape index (κ1) is 18.6. The van der Waals surface area contributed by atoms with Gasteiger partial charge in [-0.25, -0.2) is 9.97 Å². The van der Waals surface area contributed by atoms with Gasteiger partial charge in [-0.05, 0) is 24.1 Å². The predicted molar refractivity (Wildman–Crippen MR) is 109 cm³/mol. The van der Waals surface area contributed by atoms with Crippen molar-refractivity contribution in [3.8, 4) is 0 Å². The van der Waals surface area contributed by atoms with E-state index in [4.69, 9.17) is 5.73 Å². The number of anilines is 2. The molecule has 29 heavy (non-hydrogen) atoms. The Kier molecular flexibility index (Phi) is 4.95. The quantitative estimate of drug-likeness (QED) is 0.676. The number of hydrogen-bond acceptors (Lipinski definition) is 5. The fourth-order valence-electron chi connectivity index (χ4n) is 3.51. The summed E-state index contributed by atoms with van der Waals surface area (Å²) >= 11 is 0. The van der Waals surface area contributed by atoms with Gasteiger partial charge in [-0.1, -0.05) is 48.5 Å². The fourth-order valence-corrected chi connectivity index (χ4v) is 3.51. The molecular weight excluding hydrogens is 366 g/mol. The molecule has 1 aromatic heterocycles. The van der Waals surface area contributed by atoms with Gasteiger partial charge in [0.25, 0.3) is 5.91 Å². The van der Waals surface area contributed by atoms with E-state index >= 15 is 0 Å². The van der Waals surface area contributed by atoms with Gasteiger partial charge in [-0.15, -0.1) is 0 Å². The van der Waals surface area contributed by atoms with Crippen LogP contribution in [0, 0.1) is 5.41 Å². The van der Waals surface area contributed by atoms with Crippen LogP contribution in [0.4, 0.5) is 11.6 Å². The number of carbonyl (C=O) groups is 2. The Bertz CT molecular complexity index is 1000. The van der Waals surface area contributed by atoms with Gasteiger partial charge in [0.2, 0.25) is 11.9 Å². The molecule has 2 heterocycles. The third-order valence-corrected chi connectivity index (χ3v) is 5.11. The SMILES string of the molecule is NC(=O)C1(Cc2ccccc2)CN(C(=O)c2cnc(Nc3ccccc3)nc2)C1. The molecule has 0 radical (unpaired) electrons. The fraction of sp³-hybridized carbons (Fsp3) is 0.182. The van der Waals surface area contributed by atoms with Crippen LogP contribution in [-0.4, -0.2) is 39.8 Å². The Morgan fingerprint density at radius 3 is 2.14 bits per heavy atom. The number of amides is 2. The van der Waals surface area contributed by atoms with E-state index in [0.29, 0.717) is 31.0 Å². The average molecular weight is 387 g/mol. The lowest BCUT2D eigenvalue weighted by molar-refractivity contribution is -0.135. The predicted octanol–water partition coefficient (Wildman–Crippen LogP) is 2.39. The molecule has 0 atom stereocenters. The molecule has 1 fully saturated rings. The Balaban J connectivity index is 1.41. The van der Waals surface area contributed by atoms with Crippen molar-refractivity contribution in [2.24, 2.45) is 11.1 Å². The van der Waals surface area contributed by atoms with Crippen LogP contribution in [0.2, 0.25) is 0 Å². The Morgan fingerprint density at radius 2 is 1.55 bits per heavy atom. The van der Waals surface area contributed by atoms with Crippen molar-refractivity contribution in [2.45, 2.75) is 6.42 Å². The number of aromatic nitrogens is 2. The maximum absolute atomic E-state index is 12.7. The zero-order valence-electron chi connectivity index (χ0n) is 15.8. The van der Waals surface area contributed by atoms with Gasteiger partial charge in [-0.3, -0.25) is 9.59 Å². The molecule has 1 saturated heterocycles. The normalized spacial score (nSPS) is 14.7. The molecular formula is C22H21N5O2. The van der Waals surface area contributed by atoms with Crippen LogP contribution in [0.3, 0.4) is 0 Å². The number of primary amides is 1. The summed E-state index contributed by atoms with van der Waals surface area (Å²) in [5, 5.41) is 3.07. The molecule has 0 unspecified atom stereocenters. The van der Waals surface area contributed by atoms with E-state index in [9.17, 15) is 9.59 Å². The van der Waals surface area contributed by atoms with Crippen molar-refractivity contribution in [3.63, 3.8) is 0 Å². The molecule has 0 bridgehead atoms. The minimum absolute atomic E-state index is 0.207. The van der Waals surface area contributed by atoms with Crippen molar-refractivity contribution in [2.75, 3.05) is 18.4 Å². The molecule has 4 rings (SSSR count).